The third-order valence-corrected chi connectivity index (χ3v) is 2.61. The molecule has 0 aliphatic carbocycles. The molecule has 0 amide bonds. The molecular weight excluding hydrogens is 216 g/mol. The molecule has 0 radical (unpaired) electrons. The number of aromatic hydroxyl groups is 1. The van der Waals surface area contributed by atoms with Crippen LogP contribution in [-0.4, -0.2) is 20.1 Å². The first-order chi connectivity index (χ1) is 8.13. The Hall–Kier alpha value is -1.88. The van der Waals surface area contributed by atoms with Crippen LogP contribution in [0.4, 0.5) is 0 Å². The minimum atomic E-state index is 0.201. The number of rotatable bonds is 3. The van der Waals surface area contributed by atoms with Crippen molar-refractivity contribution in [2.45, 2.75) is 26.3 Å². The molecular formula is C12H16N4O. The monoisotopic (exact) mass is 232 g/mol. The van der Waals surface area contributed by atoms with Crippen molar-refractivity contribution < 1.29 is 5.11 Å². The predicted octanol–water partition coefficient (Wildman–Crippen LogP) is 1.55. The van der Waals surface area contributed by atoms with Crippen molar-refractivity contribution in [2.24, 2.45) is 5.73 Å². The van der Waals surface area contributed by atoms with Gasteiger partial charge < -0.3 is 10.8 Å². The van der Waals surface area contributed by atoms with E-state index in [4.69, 9.17) is 5.73 Å². The number of benzene rings is 1. The lowest BCUT2D eigenvalue weighted by Crippen LogP contribution is -2.09. The topological polar surface area (TPSA) is 77.0 Å². The van der Waals surface area contributed by atoms with Gasteiger partial charge >= 0.3 is 0 Å². The summed E-state index contributed by atoms with van der Waals surface area (Å²) in [6, 6.07) is 6.88. The summed E-state index contributed by atoms with van der Waals surface area (Å²) >= 11 is 0. The van der Waals surface area contributed by atoms with Crippen molar-refractivity contribution >= 4 is 0 Å². The van der Waals surface area contributed by atoms with Crippen molar-refractivity contribution in [3.05, 3.63) is 35.7 Å². The van der Waals surface area contributed by atoms with E-state index >= 15 is 0 Å². The zero-order valence-electron chi connectivity index (χ0n) is 9.96. The second-order valence-corrected chi connectivity index (χ2v) is 4.21. The number of nitrogens with zero attached hydrogens (tertiary/aromatic N) is 3. The van der Waals surface area contributed by atoms with Crippen LogP contribution in [0.5, 0.6) is 5.75 Å². The van der Waals surface area contributed by atoms with Gasteiger partial charge in [0.2, 0.25) is 0 Å². The van der Waals surface area contributed by atoms with Gasteiger partial charge in [0.1, 0.15) is 5.75 Å². The number of aromatic nitrogens is 3. The van der Waals surface area contributed by atoms with Crippen LogP contribution in [0, 0.1) is 0 Å². The number of hydrogen-bond acceptors (Lipinski definition) is 4. The van der Waals surface area contributed by atoms with Crippen LogP contribution in [-0.2, 0) is 6.54 Å². The molecule has 90 valence electrons. The van der Waals surface area contributed by atoms with Gasteiger partial charge in [-0.2, -0.15) is 0 Å². The molecule has 2 aromatic rings. The largest absolute Gasteiger partial charge is 0.508 e. The molecule has 0 saturated heterocycles. The molecule has 1 aromatic carbocycles. The first-order valence-electron chi connectivity index (χ1n) is 5.57. The van der Waals surface area contributed by atoms with Gasteiger partial charge in [0.25, 0.3) is 0 Å². The first kappa shape index (κ1) is 11.6. The van der Waals surface area contributed by atoms with E-state index in [9.17, 15) is 5.11 Å². The third kappa shape index (κ3) is 2.14. The Morgan fingerprint density at radius 2 is 2.18 bits per heavy atom. The third-order valence-electron chi connectivity index (χ3n) is 2.61. The van der Waals surface area contributed by atoms with Crippen LogP contribution in [0.1, 0.15) is 31.2 Å². The minimum absolute atomic E-state index is 0.201. The molecule has 0 fully saturated rings. The van der Waals surface area contributed by atoms with Crippen LogP contribution in [0.25, 0.3) is 5.69 Å². The van der Waals surface area contributed by atoms with Crippen LogP contribution in [0.2, 0.25) is 0 Å². The highest BCUT2D eigenvalue weighted by Gasteiger charge is 2.15. The summed E-state index contributed by atoms with van der Waals surface area (Å²) in [5.41, 5.74) is 8.29. The maximum atomic E-state index is 9.46. The highest BCUT2D eigenvalue weighted by molar-refractivity contribution is 5.39. The summed E-state index contributed by atoms with van der Waals surface area (Å²) in [6.07, 6.45) is 0. The number of phenolic OH excluding ortho intramolecular Hbond substituents is 1. The lowest BCUT2D eigenvalue weighted by atomic mass is 10.1. The van der Waals surface area contributed by atoms with E-state index in [1.54, 1.807) is 22.9 Å². The summed E-state index contributed by atoms with van der Waals surface area (Å²) in [4.78, 5) is 0. The van der Waals surface area contributed by atoms with E-state index < -0.39 is 0 Å². The van der Waals surface area contributed by atoms with E-state index in [0.29, 0.717) is 6.54 Å². The van der Waals surface area contributed by atoms with Gasteiger partial charge in [-0.25, -0.2) is 4.68 Å². The molecule has 0 atom stereocenters. The summed E-state index contributed by atoms with van der Waals surface area (Å²) in [6.45, 7) is 4.47. The number of phenols is 1. The normalized spacial score (nSPS) is 11.1. The molecule has 0 spiro atoms. The fourth-order valence-corrected chi connectivity index (χ4v) is 1.79. The summed E-state index contributed by atoms with van der Waals surface area (Å²) < 4.78 is 1.68. The van der Waals surface area contributed by atoms with Crippen LogP contribution >= 0.6 is 0 Å². The highest BCUT2D eigenvalue weighted by atomic mass is 16.3. The Morgan fingerprint density at radius 1 is 1.41 bits per heavy atom. The molecule has 17 heavy (non-hydrogen) atoms. The number of hydrogen-bond donors (Lipinski definition) is 2. The maximum absolute atomic E-state index is 9.46. The quantitative estimate of drug-likeness (QED) is 0.841. The molecule has 1 heterocycles. The molecule has 0 aliphatic heterocycles. The zero-order valence-corrected chi connectivity index (χ0v) is 9.96. The Labute approximate surface area is 99.9 Å². The standard InChI is InChI=1S/C12H16N4O/c1-8(2)12-11(7-13)16(15-14-12)9-4-3-5-10(17)6-9/h3-6,8,17H,7,13H2,1-2H3. The predicted molar refractivity (Wildman–Crippen MR) is 65.0 cm³/mol. The Kier molecular flexibility index (Phi) is 3.10. The SMILES string of the molecule is CC(C)c1nnn(-c2cccc(O)c2)c1CN. The minimum Gasteiger partial charge on any atom is -0.508 e. The van der Waals surface area contributed by atoms with Gasteiger partial charge in [-0.15, -0.1) is 5.10 Å². The van der Waals surface area contributed by atoms with E-state index in [1.165, 1.54) is 0 Å². The molecule has 0 bridgehead atoms. The maximum Gasteiger partial charge on any atom is 0.117 e. The van der Waals surface area contributed by atoms with E-state index in [-0.39, 0.29) is 11.7 Å². The van der Waals surface area contributed by atoms with Gasteiger partial charge in [-0.05, 0) is 18.1 Å². The summed E-state index contributed by atoms with van der Waals surface area (Å²) in [5, 5.41) is 17.7. The molecule has 1 aromatic heterocycles. The van der Waals surface area contributed by atoms with Gasteiger partial charge in [-0.3, -0.25) is 0 Å². The average molecular weight is 232 g/mol. The average Bonchev–Trinajstić information content (AvgIpc) is 2.72. The van der Waals surface area contributed by atoms with Gasteiger partial charge in [-0.1, -0.05) is 25.1 Å². The second kappa shape index (κ2) is 4.55. The van der Waals surface area contributed by atoms with Crippen LogP contribution in [0.3, 0.4) is 0 Å². The Balaban J connectivity index is 2.52. The van der Waals surface area contributed by atoms with Crippen LogP contribution in [0.15, 0.2) is 24.3 Å². The molecule has 5 nitrogen and oxygen atoms in total. The van der Waals surface area contributed by atoms with Crippen molar-refractivity contribution in [3.8, 4) is 11.4 Å². The lowest BCUT2D eigenvalue weighted by molar-refractivity contribution is 0.474. The second-order valence-electron chi connectivity index (χ2n) is 4.21. The summed E-state index contributed by atoms with van der Waals surface area (Å²) in [7, 11) is 0. The first-order valence-corrected chi connectivity index (χ1v) is 5.57. The van der Waals surface area contributed by atoms with E-state index in [0.717, 1.165) is 17.1 Å². The van der Waals surface area contributed by atoms with Crippen molar-refractivity contribution in [2.75, 3.05) is 0 Å². The van der Waals surface area contributed by atoms with Gasteiger partial charge in [0, 0.05) is 12.6 Å². The van der Waals surface area contributed by atoms with Crippen molar-refractivity contribution in [3.63, 3.8) is 0 Å². The van der Waals surface area contributed by atoms with Crippen molar-refractivity contribution in [1.82, 2.24) is 15.0 Å². The van der Waals surface area contributed by atoms with Gasteiger partial charge in [0.15, 0.2) is 0 Å². The van der Waals surface area contributed by atoms with E-state index in [1.807, 2.05) is 6.07 Å². The molecule has 0 unspecified atom stereocenters. The fourth-order valence-electron chi connectivity index (χ4n) is 1.79. The fraction of sp³-hybridized carbons (Fsp3) is 0.333. The van der Waals surface area contributed by atoms with E-state index in [2.05, 4.69) is 24.2 Å². The van der Waals surface area contributed by atoms with Crippen LogP contribution < -0.4 is 5.73 Å². The molecule has 2 rings (SSSR count). The Bertz CT molecular complexity index is 519. The summed E-state index contributed by atoms with van der Waals surface area (Å²) in [5.74, 6) is 0.478. The molecule has 0 saturated carbocycles. The smallest absolute Gasteiger partial charge is 0.117 e. The zero-order chi connectivity index (χ0) is 12.4. The van der Waals surface area contributed by atoms with Gasteiger partial charge in [0.05, 0.1) is 17.1 Å². The number of nitrogens with two attached hydrogens (primary N) is 1. The Morgan fingerprint density at radius 3 is 2.76 bits per heavy atom. The van der Waals surface area contributed by atoms with Crippen molar-refractivity contribution in [1.29, 1.82) is 0 Å². The lowest BCUT2D eigenvalue weighted by Gasteiger charge is -2.07. The molecule has 3 N–H and O–H groups in total. The molecule has 0 aliphatic rings. The highest BCUT2D eigenvalue weighted by Crippen LogP contribution is 2.21. The molecule has 5 heteroatoms.